The van der Waals surface area contributed by atoms with Crippen molar-refractivity contribution in [1.82, 2.24) is 5.32 Å². The van der Waals surface area contributed by atoms with Gasteiger partial charge in [-0.3, -0.25) is 9.59 Å². The summed E-state index contributed by atoms with van der Waals surface area (Å²) in [6.45, 7) is 0. The maximum absolute atomic E-state index is 12.8. The molecule has 2 N–H and O–H groups in total. The fourth-order valence-electron chi connectivity index (χ4n) is 3.64. The van der Waals surface area contributed by atoms with E-state index < -0.39 is 12.0 Å². The summed E-state index contributed by atoms with van der Waals surface area (Å²) >= 11 is 0. The van der Waals surface area contributed by atoms with Crippen molar-refractivity contribution in [2.24, 2.45) is 0 Å². The second-order valence-corrected chi connectivity index (χ2v) is 6.92. The number of aliphatic carboxylic acids is 1. The first-order chi connectivity index (χ1) is 13.5. The van der Waals surface area contributed by atoms with Crippen molar-refractivity contribution in [3.63, 3.8) is 0 Å². The van der Waals surface area contributed by atoms with E-state index in [1.165, 1.54) is 24.7 Å². The zero-order valence-electron chi connectivity index (χ0n) is 16.2. The van der Waals surface area contributed by atoms with Crippen LogP contribution in [-0.4, -0.2) is 31.2 Å². The second kappa shape index (κ2) is 8.78. The van der Waals surface area contributed by atoms with E-state index in [4.69, 9.17) is 9.47 Å². The number of carbonyl (C=O) groups excluding carboxylic acids is 1. The van der Waals surface area contributed by atoms with Crippen molar-refractivity contribution in [1.29, 1.82) is 0 Å². The van der Waals surface area contributed by atoms with Crippen LogP contribution in [0.3, 0.4) is 0 Å². The number of rotatable bonds is 7. The number of methoxy groups -OCH3 is 2. The highest BCUT2D eigenvalue weighted by Gasteiger charge is 2.23. The van der Waals surface area contributed by atoms with E-state index in [9.17, 15) is 14.7 Å². The molecule has 1 atom stereocenters. The predicted octanol–water partition coefficient (Wildman–Crippen LogP) is 3.53. The number of aryl methyl sites for hydroxylation is 2. The van der Waals surface area contributed by atoms with Crippen LogP contribution in [0.1, 0.15) is 52.4 Å². The number of hydrogen-bond acceptors (Lipinski definition) is 4. The summed E-state index contributed by atoms with van der Waals surface area (Å²) in [6, 6.07) is 10.1. The largest absolute Gasteiger partial charge is 0.497 e. The molecule has 0 spiro atoms. The van der Waals surface area contributed by atoms with E-state index in [2.05, 4.69) is 5.32 Å². The number of hydrogen-bond donors (Lipinski definition) is 2. The molecule has 0 radical (unpaired) electrons. The van der Waals surface area contributed by atoms with Crippen molar-refractivity contribution in [2.75, 3.05) is 14.2 Å². The normalized spacial score (nSPS) is 13.9. The average molecular weight is 383 g/mol. The lowest BCUT2D eigenvalue weighted by atomic mass is 9.90. The molecule has 6 nitrogen and oxygen atoms in total. The molecule has 3 rings (SSSR count). The number of ether oxygens (including phenoxy) is 2. The van der Waals surface area contributed by atoms with Gasteiger partial charge in [-0.25, -0.2) is 0 Å². The van der Waals surface area contributed by atoms with Gasteiger partial charge in [0, 0.05) is 17.2 Å². The Morgan fingerprint density at radius 1 is 1.04 bits per heavy atom. The molecule has 1 amide bonds. The molecule has 2 aromatic rings. The Balaban J connectivity index is 1.87. The minimum absolute atomic E-state index is 0.251. The fourth-order valence-corrected chi connectivity index (χ4v) is 3.64. The Hall–Kier alpha value is -3.02. The second-order valence-electron chi connectivity index (χ2n) is 6.92. The summed E-state index contributed by atoms with van der Waals surface area (Å²) in [7, 11) is 3.04. The maximum atomic E-state index is 12.8. The van der Waals surface area contributed by atoms with Crippen LogP contribution in [0.15, 0.2) is 36.4 Å². The van der Waals surface area contributed by atoms with Gasteiger partial charge >= 0.3 is 5.97 Å². The Morgan fingerprint density at radius 3 is 2.46 bits per heavy atom. The van der Waals surface area contributed by atoms with Gasteiger partial charge < -0.3 is 19.9 Å². The SMILES string of the molecule is COc1ccc(C(CC(=O)O)NC(=O)c2ccc3c(c2)CCCC3)c(OC)c1. The van der Waals surface area contributed by atoms with E-state index in [0.29, 0.717) is 22.6 Å². The van der Waals surface area contributed by atoms with Crippen LogP contribution in [0.25, 0.3) is 0 Å². The van der Waals surface area contributed by atoms with Crippen molar-refractivity contribution in [3.05, 3.63) is 58.7 Å². The predicted molar refractivity (Wildman–Crippen MR) is 105 cm³/mol. The third kappa shape index (κ3) is 4.44. The summed E-state index contributed by atoms with van der Waals surface area (Å²) in [4.78, 5) is 24.2. The standard InChI is InChI=1S/C22H25NO5/c1-27-17-9-10-18(20(12-17)28-2)19(13-21(24)25)23-22(26)16-8-7-14-5-3-4-6-15(14)11-16/h7-12,19H,3-6,13H2,1-2H3,(H,23,26)(H,24,25). The molecule has 0 aromatic heterocycles. The first-order valence-electron chi connectivity index (χ1n) is 9.38. The van der Waals surface area contributed by atoms with Crippen molar-refractivity contribution < 1.29 is 24.2 Å². The molecule has 0 saturated heterocycles. The molecule has 0 aliphatic heterocycles. The van der Waals surface area contributed by atoms with Gasteiger partial charge in [-0.05, 0) is 61.1 Å². The van der Waals surface area contributed by atoms with Gasteiger partial charge in [0.2, 0.25) is 0 Å². The smallest absolute Gasteiger partial charge is 0.305 e. The van der Waals surface area contributed by atoms with Crippen LogP contribution in [-0.2, 0) is 17.6 Å². The minimum atomic E-state index is -1.01. The molecular weight excluding hydrogens is 358 g/mol. The summed E-state index contributed by atoms with van der Waals surface area (Å²) in [5.41, 5.74) is 3.64. The molecule has 2 aromatic carbocycles. The molecular formula is C22H25NO5. The number of fused-ring (bicyclic) bond motifs is 1. The van der Waals surface area contributed by atoms with E-state index in [1.54, 1.807) is 25.3 Å². The van der Waals surface area contributed by atoms with Gasteiger partial charge in [0.1, 0.15) is 11.5 Å². The van der Waals surface area contributed by atoms with Crippen LogP contribution in [0.4, 0.5) is 0 Å². The lowest BCUT2D eigenvalue weighted by molar-refractivity contribution is -0.137. The molecule has 1 aliphatic rings. The monoisotopic (exact) mass is 383 g/mol. The summed E-state index contributed by atoms with van der Waals surface area (Å²) in [5, 5.41) is 12.2. The highest BCUT2D eigenvalue weighted by molar-refractivity contribution is 5.95. The zero-order chi connectivity index (χ0) is 20.1. The van der Waals surface area contributed by atoms with Gasteiger partial charge in [-0.1, -0.05) is 6.07 Å². The molecule has 0 saturated carbocycles. The molecule has 1 aliphatic carbocycles. The molecule has 148 valence electrons. The van der Waals surface area contributed by atoms with Gasteiger partial charge in [-0.2, -0.15) is 0 Å². The maximum Gasteiger partial charge on any atom is 0.305 e. The van der Waals surface area contributed by atoms with Crippen molar-refractivity contribution >= 4 is 11.9 Å². The highest BCUT2D eigenvalue weighted by atomic mass is 16.5. The Labute approximate surface area is 164 Å². The summed E-state index contributed by atoms with van der Waals surface area (Å²) in [5.74, 6) is -0.238. The fraction of sp³-hybridized carbons (Fsp3) is 0.364. The first kappa shape index (κ1) is 19.7. The number of benzene rings is 2. The molecule has 0 heterocycles. The molecule has 1 unspecified atom stereocenters. The van der Waals surface area contributed by atoms with Crippen LogP contribution in [0, 0.1) is 0 Å². The van der Waals surface area contributed by atoms with Crippen LogP contribution in [0.5, 0.6) is 11.5 Å². The molecule has 6 heteroatoms. The van der Waals surface area contributed by atoms with Crippen LogP contribution >= 0.6 is 0 Å². The number of carbonyl (C=O) groups is 2. The minimum Gasteiger partial charge on any atom is -0.497 e. The average Bonchev–Trinajstić information content (AvgIpc) is 2.72. The molecule has 28 heavy (non-hydrogen) atoms. The van der Waals surface area contributed by atoms with E-state index in [1.807, 2.05) is 18.2 Å². The lowest BCUT2D eigenvalue weighted by Gasteiger charge is -2.21. The number of amides is 1. The number of carboxylic acids is 1. The van der Waals surface area contributed by atoms with Gasteiger partial charge in [0.15, 0.2) is 0 Å². The topological polar surface area (TPSA) is 84.9 Å². The van der Waals surface area contributed by atoms with Crippen LogP contribution < -0.4 is 14.8 Å². The van der Waals surface area contributed by atoms with Crippen LogP contribution in [0.2, 0.25) is 0 Å². The Bertz CT molecular complexity index is 877. The van der Waals surface area contributed by atoms with Gasteiger partial charge in [0.05, 0.1) is 26.7 Å². The zero-order valence-corrected chi connectivity index (χ0v) is 16.2. The highest BCUT2D eigenvalue weighted by Crippen LogP contribution is 2.31. The number of carboxylic acid groups (broad SMARTS) is 1. The van der Waals surface area contributed by atoms with Crippen molar-refractivity contribution in [2.45, 2.75) is 38.1 Å². The van der Waals surface area contributed by atoms with E-state index in [0.717, 1.165) is 19.3 Å². The van der Waals surface area contributed by atoms with E-state index >= 15 is 0 Å². The van der Waals surface area contributed by atoms with Gasteiger partial charge in [-0.15, -0.1) is 0 Å². The first-order valence-corrected chi connectivity index (χ1v) is 9.38. The Kier molecular flexibility index (Phi) is 6.19. The third-order valence-electron chi connectivity index (χ3n) is 5.11. The summed E-state index contributed by atoms with van der Waals surface area (Å²) < 4.78 is 10.6. The van der Waals surface area contributed by atoms with Crippen molar-refractivity contribution in [3.8, 4) is 11.5 Å². The Morgan fingerprint density at radius 2 is 1.79 bits per heavy atom. The molecule has 0 bridgehead atoms. The third-order valence-corrected chi connectivity index (χ3v) is 5.11. The van der Waals surface area contributed by atoms with Gasteiger partial charge in [0.25, 0.3) is 5.91 Å². The number of nitrogens with one attached hydrogen (secondary N) is 1. The summed E-state index contributed by atoms with van der Waals surface area (Å²) in [6.07, 6.45) is 4.07. The lowest BCUT2D eigenvalue weighted by Crippen LogP contribution is -2.30. The quantitative estimate of drug-likeness (QED) is 0.764. The molecule has 0 fully saturated rings. The van der Waals surface area contributed by atoms with E-state index in [-0.39, 0.29) is 12.3 Å².